The topological polar surface area (TPSA) is 35.0 Å². The predicted molar refractivity (Wildman–Crippen MR) is 86.3 cm³/mol. The summed E-state index contributed by atoms with van der Waals surface area (Å²) in [5, 5.41) is 0. The van der Waals surface area contributed by atoms with Crippen molar-refractivity contribution in [3.05, 3.63) is 71.9 Å². The van der Waals surface area contributed by atoms with Gasteiger partial charge in [0.25, 0.3) is 0 Å². The Morgan fingerprint density at radius 1 is 0.773 bits per heavy atom. The van der Waals surface area contributed by atoms with Crippen LogP contribution in [0.4, 0.5) is 0 Å². The Kier molecular flexibility index (Phi) is 3.41. The summed E-state index contributed by atoms with van der Waals surface area (Å²) in [5.74, 6) is 0.767. The fourth-order valence-electron chi connectivity index (χ4n) is 2.81. The maximum atomic E-state index is 5.59. The summed E-state index contributed by atoms with van der Waals surface area (Å²) in [7, 11) is 0. The first-order chi connectivity index (χ1) is 10.9. The molecule has 4 rings (SSSR count). The second-order valence-corrected chi connectivity index (χ2v) is 5.36. The van der Waals surface area contributed by atoms with E-state index in [1.165, 1.54) is 5.56 Å². The van der Waals surface area contributed by atoms with Crippen LogP contribution in [0.25, 0.3) is 22.6 Å². The normalized spacial score (nSPS) is 13.6. The van der Waals surface area contributed by atoms with Crippen molar-refractivity contribution in [3.63, 3.8) is 0 Å². The number of rotatable bonds is 2. The maximum Gasteiger partial charge on any atom is 0.160 e. The quantitative estimate of drug-likeness (QED) is 0.717. The van der Waals surface area contributed by atoms with Crippen LogP contribution in [0.1, 0.15) is 11.3 Å². The Morgan fingerprint density at radius 3 is 2.18 bits per heavy atom. The van der Waals surface area contributed by atoms with Crippen molar-refractivity contribution in [1.29, 1.82) is 0 Å². The highest BCUT2D eigenvalue weighted by atomic mass is 16.5. The van der Waals surface area contributed by atoms with E-state index in [2.05, 4.69) is 12.1 Å². The van der Waals surface area contributed by atoms with Gasteiger partial charge in [0.05, 0.1) is 24.6 Å². The average Bonchev–Trinajstić information content (AvgIpc) is 2.62. The van der Waals surface area contributed by atoms with Crippen LogP contribution in [0.15, 0.2) is 60.7 Å². The summed E-state index contributed by atoms with van der Waals surface area (Å²) in [5.41, 5.74) is 5.44. The Labute approximate surface area is 129 Å². The van der Waals surface area contributed by atoms with Crippen molar-refractivity contribution in [1.82, 2.24) is 9.97 Å². The van der Waals surface area contributed by atoms with Gasteiger partial charge in [-0.05, 0) is 6.42 Å². The molecule has 1 aliphatic heterocycles. The lowest BCUT2D eigenvalue weighted by molar-refractivity contribution is 0.107. The Hall–Kier alpha value is -2.52. The molecular weight excluding hydrogens is 272 g/mol. The van der Waals surface area contributed by atoms with E-state index in [-0.39, 0.29) is 0 Å². The van der Waals surface area contributed by atoms with Crippen molar-refractivity contribution >= 4 is 0 Å². The average molecular weight is 288 g/mol. The van der Waals surface area contributed by atoms with Gasteiger partial charge in [-0.3, -0.25) is 0 Å². The zero-order valence-electron chi connectivity index (χ0n) is 12.2. The molecule has 0 saturated heterocycles. The third-order valence-corrected chi connectivity index (χ3v) is 3.91. The van der Waals surface area contributed by atoms with E-state index >= 15 is 0 Å². The molecule has 108 valence electrons. The van der Waals surface area contributed by atoms with Crippen LogP contribution < -0.4 is 0 Å². The van der Waals surface area contributed by atoms with Crippen LogP contribution in [0.3, 0.4) is 0 Å². The van der Waals surface area contributed by atoms with Crippen LogP contribution in [-0.2, 0) is 17.8 Å². The largest absolute Gasteiger partial charge is 0.375 e. The van der Waals surface area contributed by atoms with Gasteiger partial charge in [-0.1, -0.05) is 60.7 Å². The molecule has 0 bridgehead atoms. The smallest absolute Gasteiger partial charge is 0.160 e. The Morgan fingerprint density at radius 2 is 1.45 bits per heavy atom. The van der Waals surface area contributed by atoms with Crippen LogP contribution in [-0.4, -0.2) is 16.6 Å². The van der Waals surface area contributed by atoms with E-state index in [9.17, 15) is 0 Å². The molecule has 3 heteroatoms. The van der Waals surface area contributed by atoms with E-state index in [0.717, 1.165) is 41.4 Å². The first-order valence-corrected chi connectivity index (χ1v) is 7.50. The van der Waals surface area contributed by atoms with Crippen molar-refractivity contribution in [2.75, 3.05) is 6.61 Å². The fourth-order valence-corrected chi connectivity index (χ4v) is 2.81. The van der Waals surface area contributed by atoms with Crippen LogP contribution in [0, 0.1) is 0 Å². The number of fused-ring (bicyclic) bond motifs is 1. The molecule has 0 fully saturated rings. The number of hydrogen-bond donors (Lipinski definition) is 0. The molecule has 22 heavy (non-hydrogen) atoms. The minimum atomic E-state index is 0.567. The van der Waals surface area contributed by atoms with Crippen LogP contribution in [0.2, 0.25) is 0 Å². The highest BCUT2D eigenvalue weighted by molar-refractivity contribution is 5.68. The van der Waals surface area contributed by atoms with Gasteiger partial charge in [0, 0.05) is 16.7 Å². The van der Waals surface area contributed by atoms with Gasteiger partial charge in [0.1, 0.15) is 0 Å². The maximum absolute atomic E-state index is 5.59. The third kappa shape index (κ3) is 2.40. The third-order valence-electron chi connectivity index (χ3n) is 3.91. The summed E-state index contributed by atoms with van der Waals surface area (Å²) in [6.07, 6.45) is 0.870. The number of nitrogens with zero attached hydrogens (tertiary/aromatic N) is 2. The minimum Gasteiger partial charge on any atom is -0.375 e. The summed E-state index contributed by atoms with van der Waals surface area (Å²) >= 11 is 0. The molecule has 3 nitrogen and oxygen atoms in total. The second kappa shape index (κ2) is 5.70. The molecule has 0 radical (unpaired) electrons. The number of benzene rings is 2. The van der Waals surface area contributed by atoms with Crippen molar-refractivity contribution in [3.8, 4) is 22.6 Å². The standard InChI is InChI=1S/C19H16N2O/c1-3-7-14(8-4-1)18-16-11-12-22-13-17(16)20-19(21-18)15-9-5-2-6-10-15/h1-10H,11-13H2. The lowest BCUT2D eigenvalue weighted by Gasteiger charge is -2.19. The molecular formula is C19H16N2O. The highest BCUT2D eigenvalue weighted by Crippen LogP contribution is 2.29. The zero-order chi connectivity index (χ0) is 14.8. The van der Waals surface area contributed by atoms with Crippen LogP contribution >= 0.6 is 0 Å². The van der Waals surface area contributed by atoms with Gasteiger partial charge < -0.3 is 4.74 Å². The van der Waals surface area contributed by atoms with Crippen molar-refractivity contribution < 1.29 is 4.74 Å². The van der Waals surface area contributed by atoms with E-state index in [1.807, 2.05) is 48.5 Å². The van der Waals surface area contributed by atoms with E-state index in [1.54, 1.807) is 0 Å². The van der Waals surface area contributed by atoms with E-state index in [0.29, 0.717) is 6.61 Å². The number of aromatic nitrogens is 2. The molecule has 0 amide bonds. The molecule has 1 aromatic heterocycles. The monoisotopic (exact) mass is 288 g/mol. The summed E-state index contributed by atoms with van der Waals surface area (Å²) in [6.45, 7) is 1.30. The SMILES string of the molecule is c1ccc(-c2nc3c(c(-c4ccccc4)n2)CCOC3)cc1. The minimum absolute atomic E-state index is 0.567. The van der Waals surface area contributed by atoms with E-state index < -0.39 is 0 Å². The lowest BCUT2D eigenvalue weighted by atomic mass is 10.00. The molecule has 1 aliphatic rings. The Bertz CT molecular complexity index is 785. The van der Waals surface area contributed by atoms with Gasteiger partial charge >= 0.3 is 0 Å². The van der Waals surface area contributed by atoms with Crippen LogP contribution in [0.5, 0.6) is 0 Å². The summed E-state index contributed by atoms with van der Waals surface area (Å²) in [6, 6.07) is 20.4. The second-order valence-electron chi connectivity index (χ2n) is 5.36. The number of ether oxygens (including phenoxy) is 1. The Balaban J connectivity index is 1.92. The van der Waals surface area contributed by atoms with E-state index in [4.69, 9.17) is 14.7 Å². The molecule has 3 aromatic rings. The van der Waals surface area contributed by atoms with Gasteiger partial charge in [0.15, 0.2) is 5.82 Å². The highest BCUT2D eigenvalue weighted by Gasteiger charge is 2.19. The molecule has 0 aliphatic carbocycles. The molecule has 0 saturated carbocycles. The first-order valence-electron chi connectivity index (χ1n) is 7.50. The first kappa shape index (κ1) is 13.2. The zero-order valence-corrected chi connectivity index (χ0v) is 12.2. The summed E-state index contributed by atoms with van der Waals surface area (Å²) in [4.78, 5) is 9.59. The molecule has 0 N–H and O–H groups in total. The molecule has 0 unspecified atom stereocenters. The van der Waals surface area contributed by atoms with Gasteiger partial charge in [-0.25, -0.2) is 9.97 Å². The summed E-state index contributed by atoms with van der Waals surface area (Å²) < 4.78 is 5.59. The lowest BCUT2D eigenvalue weighted by Crippen LogP contribution is -2.15. The van der Waals surface area contributed by atoms with Crippen molar-refractivity contribution in [2.45, 2.75) is 13.0 Å². The van der Waals surface area contributed by atoms with Crippen molar-refractivity contribution in [2.24, 2.45) is 0 Å². The van der Waals surface area contributed by atoms with Gasteiger partial charge in [-0.2, -0.15) is 0 Å². The fraction of sp³-hybridized carbons (Fsp3) is 0.158. The predicted octanol–water partition coefficient (Wildman–Crippen LogP) is 3.88. The molecule has 0 atom stereocenters. The number of hydrogen-bond acceptors (Lipinski definition) is 3. The molecule has 2 aromatic carbocycles. The van der Waals surface area contributed by atoms with Gasteiger partial charge in [-0.15, -0.1) is 0 Å². The molecule has 0 spiro atoms. The molecule has 2 heterocycles. The van der Waals surface area contributed by atoms with Gasteiger partial charge in [0.2, 0.25) is 0 Å².